The standard InChI is InChI=1S/C19H36N2O3/c1-7-8-9-10-11-12-15(22)20-19(16(23)24)13-17(2,3)21(6)18(4,5)14-19/h7-14H2,1-6H3,(H,20,22)(H,23,24). The molecule has 1 heterocycles. The number of nitrogens with one attached hydrogen (secondary N) is 1. The molecular formula is C19H36N2O3. The number of carbonyl (C=O) groups is 2. The minimum absolute atomic E-state index is 0.134. The first-order chi connectivity index (χ1) is 11.0. The van der Waals surface area contributed by atoms with Gasteiger partial charge in [0.1, 0.15) is 5.54 Å². The summed E-state index contributed by atoms with van der Waals surface area (Å²) in [5.74, 6) is -1.05. The molecule has 140 valence electrons. The van der Waals surface area contributed by atoms with E-state index in [0.717, 1.165) is 19.3 Å². The van der Waals surface area contributed by atoms with Crippen LogP contribution in [0, 0.1) is 0 Å². The smallest absolute Gasteiger partial charge is 0.329 e. The van der Waals surface area contributed by atoms with Crippen molar-refractivity contribution in [3.63, 3.8) is 0 Å². The van der Waals surface area contributed by atoms with Gasteiger partial charge >= 0.3 is 5.97 Å². The van der Waals surface area contributed by atoms with Crippen molar-refractivity contribution >= 4 is 11.9 Å². The summed E-state index contributed by atoms with van der Waals surface area (Å²) in [6, 6.07) is 0. The average molecular weight is 341 g/mol. The second-order valence-electron chi connectivity index (χ2n) is 8.64. The number of hydrogen-bond donors (Lipinski definition) is 2. The lowest BCUT2D eigenvalue weighted by Crippen LogP contribution is -2.70. The lowest BCUT2D eigenvalue weighted by atomic mass is 9.69. The molecule has 0 aliphatic carbocycles. The van der Waals surface area contributed by atoms with E-state index in [1.54, 1.807) is 0 Å². The average Bonchev–Trinajstić information content (AvgIpc) is 2.43. The number of rotatable bonds is 8. The van der Waals surface area contributed by atoms with E-state index in [-0.39, 0.29) is 17.0 Å². The summed E-state index contributed by atoms with van der Waals surface area (Å²) >= 11 is 0. The second-order valence-corrected chi connectivity index (χ2v) is 8.64. The minimum Gasteiger partial charge on any atom is -0.480 e. The van der Waals surface area contributed by atoms with Crippen LogP contribution in [-0.2, 0) is 9.59 Å². The number of hydrogen-bond acceptors (Lipinski definition) is 3. The van der Waals surface area contributed by atoms with Crippen LogP contribution in [0.15, 0.2) is 0 Å². The van der Waals surface area contributed by atoms with Crippen molar-refractivity contribution in [2.75, 3.05) is 7.05 Å². The first-order valence-electron chi connectivity index (χ1n) is 9.25. The maximum Gasteiger partial charge on any atom is 0.329 e. The summed E-state index contributed by atoms with van der Waals surface area (Å²) in [7, 11) is 2.03. The van der Waals surface area contributed by atoms with E-state index in [9.17, 15) is 14.7 Å². The lowest BCUT2D eigenvalue weighted by molar-refractivity contribution is -0.158. The molecule has 24 heavy (non-hydrogen) atoms. The van der Waals surface area contributed by atoms with Gasteiger partial charge in [-0.3, -0.25) is 9.69 Å². The lowest BCUT2D eigenvalue weighted by Gasteiger charge is -2.56. The van der Waals surface area contributed by atoms with Gasteiger partial charge in [-0.2, -0.15) is 0 Å². The Morgan fingerprint density at radius 2 is 1.50 bits per heavy atom. The molecule has 1 aliphatic heterocycles. The fourth-order valence-electron chi connectivity index (χ4n) is 4.11. The van der Waals surface area contributed by atoms with Crippen LogP contribution in [0.2, 0.25) is 0 Å². The molecule has 2 N–H and O–H groups in total. The highest BCUT2D eigenvalue weighted by molar-refractivity contribution is 5.87. The number of unbranched alkanes of at least 4 members (excludes halogenated alkanes) is 4. The molecular weight excluding hydrogens is 304 g/mol. The van der Waals surface area contributed by atoms with E-state index in [0.29, 0.717) is 19.3 Å². The van der Waals surface area contributed by atoms with Crippen LogP contribution in [0.1, 0.15) is 86.0 Å². The molecule has 0 aromatic rings. The van der Waals surface area contributed by atoms with Crippen molar-refractivity contribution < 1.29 is 14.7 Å². The Morgan fingerprint density at radius 3 is 1.96 bits per heavy atom. The van der Waals surface area contributed by atoms with Crippen molar-refractivity contribution in [3.8, 4) is 0 Å². The van der Waals surface area contributed by atoms with E-state index in [1.165, 1.54) is 12.8 Å². The fourth-order valence-corrected chi connectivity index (χ4v) is 4.11. The van der Waals surface area contributed by atoms with Gasteiger partial charge in [0, 0.05) is 17.5 Å². The molecule has 0 radical (unpaired) electrons. The number of amides is 1. The van der Waals surface area contributed by atoms with E-state index in [4.69, 9.17) is 0 Å². The molecule has 1 rings (SSSR count). The summed E-state index contributed by atoms with van der Waals surface area (Å²) < 4.78 is 0. The molecule has 1 aliphatic rings. The van der Waals surface area contributed by atoms with Gasteiger partial charge in [0.05, 0.1) is 0 Å². The summed E-state index contributed by atoms with van der Waals surface area (Å²) in [5.41, 5.74) is -1.77. The molecule has 0 unspecified atom stereocenters. The van der Waals surface area contributed by atoms with Crippen molar-refractivity contribution in [2.45, 2.75) is 103 Å². The number of piperidine rings is 1. The van der Waals surface area contributed by atoms with Crippen LogP contribution >= 0.6 is 0 Å². The predicted octanol–water partition coefficient (Wildman–Crippen LogP) is 3.57. The number of carboxylic acids is 1. The number of carbonyl (C=O) groups excluding carboxylic acids is 1. The molecule has 0 spiro atoms. The van der Waals surface area contributed by atoms with Crippen LogP contribution in [0.25, 0.3) is 0 Å². The first-order valence-corrected chi connectivity index (χ1v) is 9.25. The SMILES string of the molecule is CCCCCCCC(=O)NC1(C(=O)O)CC(C)(C)N(C)C(C)(C)C1. The number of likely N-dealkylation sites (tertiary alicyclic amines) is 1. The minimum atomic E-state index is -1.18. The van der Waals surface area contributed by atoms with E-state index < -0.39 is 11.5 Å². The number of carboxylic acid groups (broad SMARTS) is 1. The second kappa shape index (κ2) is 7.85. The Balaban J connectivity index is 2.79. The molecule has 1 amide bonds. The number of nitrogens with zero attached hydrogens (tertiary/aromatic N) is 1. The van der Waals surface area contributed by atoms with Crippen molar-refractivity contribution in [2.24, 2.45) is 0 Å². The van der Waals surface area contributed by atoms with Crippen molar-refractivity contribution in [1.29, 1.82) is 0 Å². The zero-order chi connectivity index (χ0) is 18.6. The molecule has 0 atom stereocenters. The third-order valence-corrected chi connectivity index (χ3v) is 5.58. The quantitative estimate of drug-likeness (QED) is 0.663. The summed E-state index contributed by atoms with van der Waals surface area (Å²) in [6.07, 6.45) is 6.60. The van der Waals surface area contributed by atoms with Gasteiger partial charge in [-0.25, -0.2) is 4.79 Å². The third kappa shape index (κ3) is 4.95. The van der Waals surface area contributed by atoms with Crippen LogP contribution in [0.3, 0.4) is 0 Å². The molecule has 0 aromatic carbocycles. The topological polar surface area (TPSA) is 69.6 Å². The molecule has 5 heteroatoms. The zero-order valence-corrected chi connectivity index (χ0v) is 16.4. The van der Waals surface area contributed by atoms with Crippen LogP contribution in [-0.4, -0.2) is 45.5 Å². The molecule has 5 nitrogen and oxygen atoms in total. The van der Waals surface area contributed by atoms with Gasteiger partial charge in [0.25, 0.3) is 0 Å². The Hall–Kier alpha value is -1.10. The van der Waals surface area contributed by atoms with E-state index >= 15 is 0 Å². The fraction of sp³-hybridized carbons (Fsp3) is 0.895. The molecule has 0 bridgehead atoms. The maximum absolute atomic E-state index is 12.4. The molecule has 0 aromatic heterocycles. The van der Waals surface area contributed by atoms with Crippen LogP contribution in [0.4, 0.5) is 0 Å². The Morgan fingerprint density at radius 1 is 1.00 bits per heavy atom. The normalized spacial score (nSPS) is 22.1. The van der Waals surface area contributed by atoms with Gasteiger partial charge < -0.3 is 10.4 Å². The highest BCUT2D eigenvalue weighted by atomic mass is 16.4. The first kappa shape index (κ1) is 20.9. The molecule has 1 saturated heterocycles. The Kier molecular flexibility index (Phi) is 6.85. The summed E-state index contributed by atoms with van der Waals surface area (Å²) in [6.45, 7) is 10.3. The van der Waals surface area contributed by atoms with Gasteiger partial charge in [0.2, 0.25) is 5.91 Å². The molecule has 1 fully saturated rings. The Labute approximate surface area is 147 Å². The maximum atomic E-state index is 12.4. The van der Waals surface area contributed by atoms with E-state index in [2.05, 4.69) is 17.1 Å². The van der Waals surface area contributed by atoms with Gasteiger partial charge in [0.15, 0.2) is 0 Å². The monoisotopic (exact) mass is 340 g/mol. The van der Waals surface area contributed by atoms with Crippen LogP contribution < -0.4 is 5.32 Å². The highest BCUT2D eigenvalue weighted by Crippen LogP contribution is 2.42. The van der Waals surface area contributed by atoms with Crippen molar-refractivity contribution in [1.82, 2.24) is 10.2 Å². The van der Waals surface area contributed by atoms with Crippen molar-refractivity contribution in [3.05, 3.63) is 0 Å². The van der Waals surface area contributed by atoms with Gasteiger partial charge in [-0.15, -0.1) is 0 Å². The van der Waals surface area contributed by atoms with Gasteiger partial charge in [-0.05, 0) is 54.0 Å². The molecule has 0 saturated carbocycles. The van der Waals surface area contributed by atoms with E-state index in [1.807, 2.05) is 34.7 Å². The third-order valence-electron chi connectivity index (χ3n) is 5.58. The summed E-state index contributed by atoms with van der Waals surface area (Å²) in [5, 5.41) is 12.8. The number of aliphatic carboxylic acids is 1. The van der Waals surface area contributed by atoms with Crippen LogP contribution in [0.5, 0.6) is 0 Å². The largest absolute Gasteiger partial charge is 0.480 e. The van der Waals surface area contributed by atoms with Gasteiger partial charge in [-0.1, -0.05) is 32.6 Å². The zero-order valence-electron chi connectivity index (χ0n) is 16.4. The Bertz CT molecular complexity index is 440. The predicted molar refractivity (Wildman–Crippen MR) is 97.0 cm³/mol. The summed E-state index contributed by atoms with van der Waals surface area (Å²) in [4.78, 5) is 26.7. The highest BCUT2D eigenvalue weighted by Gasteiger charge is 2.55.